The summed E-state index contributed by atoms with van der Waals surface area (Å²) in [6.07, 6.45) is 1.03. The Bertz CT molecular complexity index is 442. The number of rotatable bonds is 2. The number of nitrogens with zero attached hydrogens (tertiary/aromatic N) is 1. The van der Waals surface area contributed by atoms with Crippen LogP contribution in [0.25, 0.3) is 0 Å². The molecule has 3 atom stereocenters. The van der Waals surface area contributed by atoms with Crippen LogP contribution in [-0.4, -0.2) is 29.4 Å². The van der Waals surface area contributed by atoms with Crippen LogP contribution in [0.15, 0.2) is 24.3 Å². The fraction of sp³-hybridized carbons (Fsp3) is 0.533. The van der Waals surface area contributed by atoms with E-state index in [1.165, 1.54) is 11.1 Å². The van der Waals surface area contributed by atoms with E-state index in [1.54, 1.807) is 6.92 Å². The maximum Gasteiger partial charge on any atom is 0.239 e. The summed E-state index contributed by atoms with van der Waals surface area (Å²) in [7, 11) is 0. The van der Waals surface area contributed by atoms with Crippen molar-refractivity contribution in [3.05, 3.63) is 35.4 Å². The second-order valence-electron chi connectivity index (χ2n) is 5.42. The highest BCUT2D eigenvalue weighted by atomic mass is 16.2. The second kappa shape index (κ2) is 5.11. The molecule has 1 aliphatic rings. The monoisotopic (exact) mass is 246 g/mol. The van der Waals surface area contributed by atoms with E-state index < -0.39 is 6.04 Å². The Morgan fingerprint density at radius 2 is 2.11 bits per heavy atom. The molecule has 1 aliphatic heterocycles. The Balaban J connectivity index is 2.16. The molecule has 0 unspecified atom stereocenters. The van der Waals surface area contributed by atoms with Gasteiger partial charge in [-0.15, -0.1) is 0 Å². The van der Waals surface area contributed by atoms with Crippen LogP contribution in [-0.2, 0) is 4.79 Å². The van der Waals surface area contributed by atoms with Gasteiger partial charge in [0, 0.05) is 18.5 Å². The van der Waals surface area contributed by atoms with Gasteiger partial charge in [-0.2, -0.15) is 0 Å². The fourth-order valence-electron chi connectivity index (χ4n) is 2.87. The predicted octanol–water partition coefficient (Wildman–Crippen LogP) is 2.05. The van der Waals surface area contributed by atoms with E-state index in [2.05, 4.69) is 38.1 Å². The van der Waals surface area contributed by atoms with Gasteiger partial charge in [0.15, 0.2) is 0 Å². The van der Waals surface area contributed by atoms with E-state index in [-0.39, 0.29) is 11.9 Å². The number of aryl methyl sites for hydroxylation is 1. The normalized spacial score (nSPS) is 25.2. The Kier molecular flexibility index (Phi) is 3.71. The molecule has 1 fully saturated rings. The molecule has 1 saturated heterocycles. The molecule has 1 aromatic carbocycles. The van der Waals surface area contributed by atoms with Crippen LogP contribution >= 0.6 is 0 Å². The highest BCUT2D eigenvalue weighted by molar-refractivity contribution is 5.81. The van der Waals surface area contributed by atoms with E-state index in [4.69, 9.17) is 5.73 Å². The molecular weight excluding hydrogens is 224 g/mol. The van der Waals surface area contributed by atoms with Gasteiger partial charge in [-0.05, 0) is 38.3 Å². The smallest absolute Gasteiger partial charge is 0.239 e. The van der Waals surface area contributed by atoms with Crippen LogP contribution in [0.4, 0.5) is 0 Å². The third-order valence-electron chi connectivity index (χ3n) is 3.88. The average Bonchev–Trinajstić information content (AvgIpc) is 2.70. The summed E-state index contributed by atoms with van der Waals surface area (Å²) in [6, 6.07) is 8.32. The van der Waals surface area contributed by atoms with Gasteiger partial charge < -0.3 is 10.6 Å². The number of benzene rings is 1. The number of carbonyl (C=O) groups excluding carboxylic acids is 1. The van der Waals surface area contributed by atoms with E-state index in [9.17, 15) is 4.79 Å². The minimum Gasteiger partial charge on any atom is -0.338 e. The molecule has 2 rings (SSSR count). The molecule has 1 heterocycles. The summed E-state index contributed by atoms with van der Waals surface area (Å²) in [5.74, 6) is 0.516. The first kappa shape index (κ1) is 13.1. The molecule has 0 bridgehead atoms. The maximum atomic E-state index is 12.0. The quantitative estimate of drug-likeness (QED) is 0.868. The SMILES string of the molecule is Cc1ccccc1[C@@H]1C[C@@H](C)N(C(=O)[C@H](C)N)C1. The first-order chi connectivity index (χ1) is 8.50. The minimum atomic E-state index is -0.400. The minimum absolute atomic E-state index is 0.0681. The molecule has 3 heteroatoms. The van der Waals surface area contributed by atoms with Crippen molar-refractivity contribution in [3.8, 4) is 0 Å². The van der Waals surface area contributed by atoms with Crippen molar-refractivity contribution in [2.24, 2.45) is 5.73 Å². The van der Waals surface area contributed by atoms with Crippen molar-refractivity contribution in [3.63, 3.8) is 0 Å². The topological polar surface area (TPSA) is 46.3 Å². The lowest BCUT2D eigenvalue weighted by Gasteiger charge is -2.23. The maximum absolute atomic E-state index is 12.0. The van der Waals surface area contributed by atoms with E-state index >= 15 is 0 Å². The predicted molar refractivity (Wildman–Crippen MR) is 73.4 cm³/mol. The summed E-state index contributed by atoms with van der Waals surface area (Å²) in [5.41, 5.74) is 8.38. The lowest BCUT2D eigenvalue weighted by molar-refractivity contribution is -0.132. The van der Waals surface area contributed by atoms with Crippen LogP contribution in [0, 0.1) is 6.92 Å². The fourth-order valence-corrected chi connectivity index (χ4v) is 2.87. The lowest BCUT2D eigenvalue weighted by Crippen LogP contribution is -2.43. The van der Waals surface area contributed by atoms with Gasteiger partial charge in [0.05, 0.1) is 6.04 Å². The van der Waals surface area contributed by atoms with Crippen LogP contribution < -0.4 is 5.73 Å². The van der Waals surface area contributed by atoms with Crippen molar-refractivity contribution in [2.75, 3.05) is 6.54 Å². The van der Waals surface area contributed by atoms with Crippen molar-refractivity contribution in [1.29, 1.82) is 0 Å². The molecule has 0 spiro atoms. The van der Waals surface area contributed by atoms with E-state index in [0.29, 0.717) is 5.92 Å². The molecule has 18 heavy (non-hydrogen) atoms. The van der Waals surface area contributed by atoms with Crippen molar-refractivity contribution < 1.29 is 4.79 Å². The number of hydrogen-bond donors (Lipinski definition) is 1. The van der Waals surface area contributed by atoms with Crippen LogP contribution in [0.3, 0.4) is 0 Å². The van der Waals surface area contributed by atoms with Crippen molar-refractivity contribution in [2.45, 2.75) is 45.2 Å². The van der Waals surface area contributed by atoms with Gasteiger partial charge in [0.25, 0.3) is 0 Å². The molecule has 1 aromatic rings. The van der Waals surface area contributed by atoms with Crippen LogP contribution in [0.5, 0.6) is 0 Å². The standard InChI is InChI=1S/C15H22N2O/c1-10-6-4-5-7-14(10)13-8-11(2)17(9-13)15(18)12(3)16/h4-7,11-13H,8-9,16H2,1-3H3/t11-,12+,13-/m1/s1. The lowest BCUT2D eigenvalue weighted by atomic mass is 9.93. The Morgan fingerprint density at radius 3 is 2.72 bits per heavy atom. The zero-order valence-corrected chi connectivity index (χ0v) is 11.4. The molecule has 0 radical (unpaired) electrons. The number of likely N-dealkylation sites (tertiary alicyclic amines) is 1. The molecule has 98 valence electrons. The Morgan fingerprint density at radius 1 is 1.44 bits per heavy atom. The number of nitrogens with two attached hydrogens (primary N) is 1. The van der Waals surface area contributed by atoms with Crippen LogP contribution in [0.2, 0.25) is 0 Å². The summed E-state index contributed by atoms with van der Waals surface area (Å²) in [6.45, 7) is 6.80. The molecule has 0 saturated carbocycles. The molecule has 3 nitrogen and oxygen atoms in total. The zero-order chi connectivity index (χ0) is 13.3. The molecule has 1 amide bonds. The molecule has 2 N–H and O–H groups in total. The third-order valence-corrected chi connectivity index (χ3v) is 3.88. The average molecular weight is 246 g/mol. The van der Waals surface area contributed by atoms with Gasteiger partial charge in [0.1, 0.15) is 0 Å². The third kappa shape index (κ3) is 2.41. The highest BCUT2D eigenvalue weighted by Crippen LogP contribution is 2.33. The summed E-state index contributed by atoms with van der Waals surface area (Å²) in [4.78, 5) is 14.0. The Hall–Kier alpha value is -1.35. The summed E-state index contributed by atoms with van der Waals surface area (Å²) < 4.78 is 0. The highest BCUT2D eigenvalue weighted by Gasteiger charge is 2.34. The van der Waals surface area contributed by atoms with Gasteiger partial charge >= 0.3 is 0 Å². The number of amides is 1. The van der Waals surface area contributed by atoms with E-state index in [0.717, 1.165) is 13.0 Å². The molecular formula is C15H22N2O. The first-order valence-electron chi connectivity index (χ1n) is 6.62. The molecule has 0 aliphatic carbocycles. The van der Waals surface area contributed by atoms with Gasteiger partial charge in [-0.3, -0.25) is 4.79 Å². The zero-order valence-electron chi connectivity index (χ0n) is 11.4. The summed E-state index contributed by atoms with van der Waals surface area (Å²) >= 11 is 0. The largest absolute Gasteiger partial charge is 0.338 e. The van der Waals surface area contributed by atoms with Crippen molar-refractivity contribution in [1.82, 2.24) is 4.90 Å². The van der Waals surface area contributed by atoms with Gasteiger partial charge in [-0.1, -0.05) is 24.3 Å². The number of carbonyl (C=O) groups is 1. The Labute approximate surface area is 109 Å². The van der Waals surface area contributed by atoms with E-state index in [1.807, 2.05) is 4.90 Å². The van der Waals surface area contributed by atoms with Gasteiger partial charge in [0.2, 0.25) is 5.91 Å². The second-order valence-corrected chi connectivity index (χ2v) is 5.42. The first-order valence-corrected chi connectivity index (χ1v) is 6.62. The van der Waals surface area contributed by atoms with Crippen LogP contribution in [0.1, 0.15) is 37.3 Å². The number of hydrogen-bond acceptors (Lipinski definition) is 2. The summed E-state index contributed by atoms with van der Waals surface area (Å²) in [5, 5.41) is 0. The molecule has 0 aromatic heterocycles. The van der Waals surface area contributed by atoms with Gasteiger partial charge in [-0.25, -0.2) is 0 Å². The van der Waals surface area contributed by atoms with Crippen molar-refractivity contribution >= 4 is 5.91 Å².